The van der Waals surface area contributed by atoms with E-state index in [1.807, 2.05) is 66.3 Å². The van der Waals surface area contributed by atoms with Crippen molar-refractivity contribution in [2.75, 3.05) is 25.7 Å². The molecule has 2 aromatic rings. The predicted molar refractivity (Wildman–Crippen MR) is 144 cm³/mol. The number of carbonyl (C=O) groups excluding carboxylic acids is 2. The molecule has 4 rings (SSSR count). The molecule has 0 spiro atoms. The van der Waals surface area contributed by atoms with Crippen molar-refractivity contribution in [1.82, 2.24) is 4.90 Å². The number of ether oxygens (including phenoxy) is 1. The first-order chi connectivity index (χ1) is 17.5. The minimum Gasteiger partial charge on any atom is -0.464 e. The molecule has 0 radical (unpaired) electrons. The van der Waals surface area contributed by atoms with Crippen LogP contribution in [0.1, 0.15) is 24.5 Å². The lowest BCUT2D eigenvalue weighted by molar-refractivity contribution is -0.136. The fraction of sp³-hybridized carbons (Fsp3) is 0.200. The standard InChI is InChI=1S/C29H28N2O3.CH4O/c1-5-9-24-17-22(19-32)14-15-30(24)18-26-21(3)25-13-12-20(2)16-27(25)31(28(26)29(33)34-4)23-10-7-6-8-11-23;1-2/h6-17,19H,3,5,18H2,1-2,4H3;2H,1H3/b24-9-;. The molecule has 0 saturated carbocycles. The SMILES string of the molecule is C=C1C(CN2C=CC(C=O)=C/C2=C/CC)=C(C(=O)OC)N(c2ccccc2)c2cc(C)ccc21.CO. The highest BCUT2D eigenvalue weighted by Crippen LogP contribution is 2.45. The summed E-state index contributed by atoms with van der Waals surface area (Å²) in [6.45, 7) is 8.87. The van der Waals surface area contributed by atoms with E-state index in [9.17, 15) is 9.59 Å². The van der Waals surface area contributed by atoms with Crippen LogP contribution in [0.2, 0.25) is 0 Å². The Labute approximate surface area is 212 Å². The number of aryl methyl sites for hydroxylation is 1. The van der Waals surface area contributed by atoms with E-state index in [1.165, 1.54) is 7.11 Å². The summed E-state index contributed by atoms with van der Waals surface area (Å²) < 4.78 is 5.27. The Morgan fingerprint density at radius 3 is 2.50 bits per heavy atom. The van der Waals surface area contributed by atoms with E-state index in [-0.39, 0.29) is 0 Å². The number of aldehydes is 1. The maximum Gasteiger partial charge on any atom is 0.355 e. The number of allylic oxidation sites excluding steroid dienone is 4. The number of fused-ring (bicyclic) bond motifs is 1. The topological polar surface area (TPSA) is 70.1 Å². The molecule has 6 heteroatoms. The first-order valence-electron chi connectivity index (χ1n) is 11.7. The molecule has 186 valence electrons. The molecule has 0 fully saturated rings. The minimum atomic E-state index is -0.432. The van der Waals surface area contributed by atoms with Crippen molar-refractivity contribution in [3.05, 3.63) is 113 Å². The first-order valence-corrected chi connectivity index (χ1v) is 11.7. The van der Waals surface area contributed by atoms with Crippen LogP contribution in [0, 0.1) is 6.92 Å². The molecule has 0 bridgehead atoms. The van der Waals surface area contributed by atoms with E-state index in [0.717, 1.165) is 59.2 Å². The average Bonchev–Trinajstić information content (AvgIpc) is 2.92. The molecule has 6 nitrogen and oxygen atoms in total. The zero-order valence-corrected chi connectivity index (χ0v) is 21.2. The highest BCUT2D eigenvalue weighted by Gasteiger charge is 2.34. The summed E-state index contributed by atoms with van der Waals surface area (Å²) >= 11 is 0. The third-order valence-corrected chi connectivity index (χ3v) is 5.96. The summed E-state index contributed by atoms with van der Waals surface area (Å²) in [7, 11) is 2.40. The van der Waals surface area contributed by atoms with Gasteiger partial charge in [-0.05, 0) is 54.8 Å². The smallest absolute Gasteiger partial charge is 0.355 e. The third-order valence-electron chi connectivity index (χ3n) is 5.96. The summed E-state index contributed by atoms with van der Waals surface area (Å²) in [5.41, 5.74) is 7.28. The summed E-state index contributed by atoms with van der Waals surface area (Å²) in [6, 6.07) is 16.0. The first kappa shape index (κ1) is 26.4. The Kier molecular flexibility index (Phi) is 8.81. The molecule has 36 heavy (non-hydrogen) atoms. The zero-order valence-electron chi connectivity index (χ0n) is 21.2. The van der Waals surface area contributed by atoms with Crippen LogP contribution in [0.3, 0.4) is 0 Å². The number of aliphatic hydroxyl groups excluding tert-OH is 1. The number of aliphatic hydroxyl groups is 1. The number of esters is 1. The van der Waals surface area contributed by atoms with Crippen LogP contribution in [-0.2, 0) is 14.3 Å². The minimum absolute atomic E-state index is 0.394. The Hall–Kier alpha value is -4.16. The Morgan fingerprint density at radius 2 is 1.86 bits per heavy atom. The number of para-hydroxylation sites is 1. The molecule has 0 atom stereocenters. The van der Waals surface area contributed by atoms with Gasteiger partial charge in [-0.3, -0.25) is 4.79 Å². The maximum absolute atomic E-state index is 13.3. The normalized spacial score (nSPS) is 15.8. The number of methoxy groups -OCH3 is 1. The van der Waals surface area contributed by atoms with E-state index in [2.05, 4.69) is 30.9 Å². The number of hydrogen-bond acceptors (Lipinski definition) is 6. The quantitative estimate of drug-likeness (QED) is 0.435. The van der Waals surface area contributed by atoms with Gasteiger partial charge in [0.2, 0.25) is 0 Å². The van der Waals surface area contributed by atoms with E-state index < -0.39 is 5.97 Å². The van der Waals surface area contributed by atoms with Gasteiger partial charge in [-0.25, -0.2) is 4.79 Å². The van der Waals surface area contributed by atoms with Crippen LogP contribution < -0.4 is 4.90 Å². The Bertz CT molecular complexity index is 1270. The van der Waals surface area contributed by atoms with Crippen molar-refractivity contribution in [2.24, 2.45) is 0 Å². The van der Waals surface area contributed by atoms with Crippen LogP contribution in [0.4, 0.5) is 11.4 Å². The molecule has 2 heterocycles. The van der Waals surface area contributed by atoms with Crippen molar-refractivity contribution in [3.8, 4) is 0 Å². The van der Waals surface area contributed by atoms with E-state index in [4.69, 9.17) is 9.84 Å². The lowest BCUT2D eigenvalue weighted by Crippen LogP contribution is -2.33. The van der Waals surface area contributed by atoms with Gasteiger partial charge in [0.25, 0.3) is 0 Å². The predicted octanol–water partition coefficient (Wildman–Crippen LogP) is 5.44. The molecule has 2 aromatic carbocycles. The highest BCUT2D eigenvalue weighted by molar-refractivity contribution is 6.06. The summed E-state index contributed by atoms with van der Waals surface area (Å²) in [6.07, 6.45) is 9.21. The van der Waals surface area contributed by atoms with E-state index in [0.29, 0.717) is 17.8 Å². The fourth-order valence-corrected chi connectivity index (χ4v) is 4.31. The molecule has 0 amide bonds. The highest BCUT2D eigenvalue weighted by atomic mass is 16.5. The van der Waals surface area contributed by atoms with Crippen molar-refractivity contribution < 1.29 is 19.4 Å². The molecule has 0 aliphatic carbocycles. The van der Waals surface area contributed by atoms with Gasteiger partial charge in [0.1, 0.15) is 12.0 Å². The number of nitrogens with zero attached hydrogens (tertiary/aromatic N) is 2. The van der Waals surface area contributed by atoms with Gasteiger partial charge in [-0.15, -0.1) is 0 Å². The second kappa shape index (κ2) is 12.0. The maximum atomic E-state index is 13.3. The van der Waals surface area contributed by atoms with Gasteiger partial charge in [0, 0.05) is 41.4 Å². The summed E-state index contributed by atoms with van der Waals surface area (Å²) in [4.78, 5) is 28.6. The number of anilines is 2. The second-order valence-electron chi connectivity index (χ2n) is 8.23. The molecule has 2 aliphatic heterocycles. The molecular weight excluding hydrogens is 452 g/mol. The van der Waals surface area contributed by atoms with Crippen LogP contribution in [-0.4, -0.2) is 43.0 Å². The van der Waals surface area contributed by atoms with Gasteiger partial charge in [0.15, 0.2) is 0 Å². The fourth-order valence-electron chi connectivity index (χ4n) is 4.31. The molecule has 1 N–H and O–H groups in total. The van der Waals surface area contributed by atoms with Crippen molar-refractivity contribution >= 4 is 29.2 Å². The van der Waals surface area contributed by atoms with Gasteiger partial charge >= 0.3 is 5.97 Å². The summed E-state index contributed by atoms with van der Waals surface area (Å²) in [5, 5.41) is 7.00. The monoisotopic (exact) mass is 484 g/mol. The van der Waals surface area contributed by atoms with Crippen molar-refractivity contribution in [3.63, 3.8) is 0 Å². The lowest BCUT2D eigenvalue weighted by atomic mass is 9.89. The average molecular weight is 485 g/mol. The van der Waals surface area contributed by atoms with Crippen LogP contribution in [0.5, 0.6) is 0 Å². The molecule has 2 aliphatic rings. The molecule has 0 saturated heterocycles. The molecular formula is C30H32N2O4. The molecule has 0 unspecified atom stereocenters. The molecule has 0 aromatic heterocycles. The van der Waals surface area contributed by atoms with Crippen LogP contribution >= 0.6 is 0 Å². The largest absolute Gasteiger partial charge is 0.464 e. The second-order valence-corrected chi connectivity index (χ2v) is 8.23. The Balaban J connectivity index is 0.00000176. The van der Waals surface area contributed by atoms with E-state index >= 15 is 0 Å². The lowest BCUT2D eigenvalue weighted by Gasteiger charge is -2.37. The number of rotatable bonds is 6. The number of carbonyl (C=O) groups is 2. The van der Waals surface area contributed by atoms with E-state index in [1.54, 1.807) is 6.08 Å². The van der Waals surface area contributed by atoms with Gasteiger partial charge < -0.3 is 19.6 Å². The van der Waals surface area contributed by atoms with Crippen molar-refractivity contribution in [2.45, 2.75) is 20.3 Å². The Morgan fingerprint density at radius 1 is 1.14 bits per heavy atom. The van der Waals surface area contributed by atoms with Crippen molar-refractivity contribution in [1.29, 1.82) is 0 Å². The van der Waals surface area contributed by atoms with Gasteiger partial charge in [0.05, 0.1) is 19.3 Å². The van der Waals surface area contributed by atoms with Crippen LogP contribution in [0.25, 0.3) is 5.57 Å². The van der Waals surface area contributed by atoms with Gasteiger partial charge in [-0.1, -0.05) is 49.9 Å². The van der Waals surface area contributed by atoms with Crippen LogP contribution in [0.15, 0.2) is 102 Å². The summed E-state index contributed by atoms with van der Waals surface area (Å²) in [5.74, 6) is -0.432. The third kappa shape index (κ3) is 5.24. The zero-order chi connectivity index (χ0) is 26.2. The number of benzene rings is 2. The number of hydrogen-bond donors (Lipinski definition) is 1. The van der Waals surface area contributed by atoms with Gasteiger partial charge in [-0.2, -0.15) is 0 Å².